The third-order valence-corrected chi connectivity index (χ3v) is 5.33. The van der Waals surface area contributed by atoms with Crippen LogP contribution in [-0.4, -0.2) is 43.0 Å². The summed E-state index contributed by atoms with van der Waals surface area (Å²) < 4.78 is 0. The number of hydrogen-bond acceptors (Lipinski definition) is 3. The molecule has 1 aliphatic rings. The number of hydrogen-bond donors (Lipinski definition) is 3. The highest BCUT2D eigenvalue weighted by molar-refractivity contribution is 5.89. The smallest absolute Gasteiger partial charge is 0.321 e. The van der Waals surface area contributed by atoms with Crippen LogP contribution in [0.1, 0.15) is 58.1 Å². The second-order valence-corrected chi connectivity index (χ2v) is 7.25. The van der Waals surface area contributed by atoms with Gasteiger partial charge in [-0.3, -0.25) is 4.79 Å². The molecule has 0 aromatic heterocycles. The number of piperidine rings is 1. The molecule has 28 heavy (non-hydrogen) atoms. The molecule has 3 amide bonds. The summed E-state index contributed by atoms with van der Waals surface area (Å²) in [6, 6.07) is 7.54. The van der Waals surface area contributed by atoms with Gasteiger partial charge in [-0.15, -0.1) is 12.4 Å². The first-order valence-electron chi connectivity index (χ1n) is 10.2. The van der Waals surface area contributed by atoms with Crippen molar-refractivity contribution in [3.8, 4) is 0 Å². The SMILES string of the molecule is CCN(CC)C(=O)Nc1ccc(C(C)NC(=O)CCC2CCNCC2)cc1.Cl. The lowest BCUT2D eigenvalue weighted by Crippen LogP contribution is -2.34. The molecule has 0 spiro atoms. The van der Waals surface area contributed by atoms with Crippen molar-refractivity contribution in [2.24, 2.45) is 5.92 Å². The Hall–Kier alpha value is -1.79. The molecule has 2 rings (SSSR count). The van der Waals surface area contributed by atoms with E-state index in [1.54, 1.807) is 4.90 Å². The van der Waals surface area contributed by atoms with E-state index in [4.69, 9.17) is 0 Å². The molecular weight excluding hydrogens is 376 g/mol. The Kier molecular flexibility index (Phi) is 10.9. The molecule has 0 saturated carbocycles. The van der Waals surface area contributed by atoms with E-state index >= 15 is 0 Å². The van der Waals surface area contributed by atoms with Gasteiger partial charge in [0.25, 0.3) is 0 Å². The third-order valence-electron chi connectivity index (χ3n) is 5.33. The van der Waals surface area contributed by atoms with Crippen LogP contribution in [0.25, 0.3) is 0 Å². The Bertz CT molecular complexity index is 599. The molecular formula is C21H35ClN4O2. The molecule has 3 N–H and O–H groups in total. The highest BCUT2D eigenvalue weighted by atomic mass is 35.5. The van der Waals surface area contributed by atoms with Crippen LogP contribution in [0.4, 0.5) is 10.5 Å². The third kappa shape index (κ3) is 7.68. The molecule has 7 heteroatoms. The van der Waals surface area contributed by atoms with Crippen molar-refractivity contribution in [1.82, 2.24) is 15.5 Å². The van der Waals surface area contributed by atoms with E-state index in [-0.39, 0.29) is 30.4 Å². The average molecular weight is 411 g/mol. The summed E-state index contributed by atoms with van der Waals surface area (Å²) in [5.41, 5.74) is 1.80. The van der Waals surface area contributed by atoms with Crippen LogP contribution in [0.15, 0.2) is 24.3 Å². The Morgan fingerprint density at radius 1 is 1.14 bits per heavy atom. The van der Waals surface area contributed by atoms with Crippen molar-refractivity contribution in [2.75, 3.05) is 31.5 Å². The van der Waals surface area contributed by atoms with Gasteiger partial charge in [-0.05, 0) is 76.7 Å². The number of halogens is 1. The van der Waals surface area contributed by atoms with E-state index in [1.165, 1.54) is 12.8 Å². The predicted molar refractivity (Wildman–Crippen MR) is 117 cm³/mol. The quantitative estimate of drug-likeness (QED) is 0.607. The first-order valence-corrected chi connectivity index (χ1v) is 10.2. The number of carbonyl (C=O) groups excluding carboxylic acids is 2. The highest BCUT2D eigenvalue weighted by Crippen LogP contribution is 2.19. The number of anilines is 1. The fourth-order valence-electron chi connectivity index (χ4n) is 3.47. The zero-order valence-electron chi connectivity index (χ0n) is 17.3. The Labute approximate surface area is 175 Å². The van der Waals surface area contributed by atoms with Gasteiger partial charge in [0.1, 0.15) is 0 Å². The molecule has 1 fully saturated rings. The van der Waals surface area contributed by atoms with Crippen LogP contribution in [0.3, 0.4) is 0 Å². The van der Waals surface area contributed by atoms with Crippen LogP contribution in [0.5, 0.6) is 0 Å². The molecule has 158 valence electrons. The normalized spacial score (nSPS) is 15.2. The molecule has 0 radical (unpaired) electrons. The second-order valence-electron chi connectivity index (χ2n) is 7.25. The zero-order chi connectivity index (χ0) is 19.6. The zero-order valence-corrected chi connectivity index (χ0v) is 18.1. The summed E-state index contributed by atoms with van der Waals surface area (Å²) in [6.45, 7) is 9.41. The standard InChI is InChI=1S/C21H34N4O2.ClH/c1-4-25(5-2)21(27)24-19-9-7-18(8-10-19)16(3)23-20(26)11-6-17-12-14-22-15-13-17;/h7-10,16-17,22H,4-6,11-15H2,1-3H3,(H,23,26)(H,24,27);1H. The van der Waals surface area contributed by atoms with E-state index < -0.39 is 0 Å². The summed E-state index contributed by atoms with van der Waals surface area (Å²) in [5, 5.41) is 9.34. The highest BCUT2D eigenvalue weighted by Gasteiger charge is 2.16. The molecule has 1 aromatic carbocycles. The van der Waals surface area contributed by atoms with Crippen LogP contribution in [-0.2, 0) is 4.79 Å². The Morgan fingerprint density at radius 3 is 2.32 bits per heavy atom. The first-order chi connectivity index (χ1) is 13.0. The first kappa shape index (κ1) is 24.2. The van der Waals surface area contributed by atoms with E-state index in [2.05, 4.69) is 16.0 Å². The largest absolute Gasteiger partial charge is 0.350 e. The predicted octanol–water partition coefficient (Wildman–Crippen LogP) is 3.94. The van der Waals surface area contributed by atoms with Crippen LogP contribution in [0, 0.1) is 5.92 Å². The summed E-state index contributed by atoms with van der Waals surface area (Å²) in [4.78, 5) is 26.1. The number of urea groups is 1. The summed E-state index contributed by atoms with van der Waals surface area (Å²) >= 11 is 0. The number of carbonyl (C=O) groups is 2. The average Bonchev–Trinajstić information content (AvgIpc) is 2.68. The summed E-state index contributed by atoms with van der Waals surface area (Å²) in [5.74, 6) is 0.779. The molecule has 0 bridgehead atoms. The van der Waals surface area contributed by atoms with Gasteiger partial charge in [0.2, 0.25) is 5.91 Å². The minimum atomic E-state index is -0.0907. The van der Waals surface area contributed by atoms with E-state index in [9.17, 15) is 9.59 Å². The maximum Gasteiger partial charge on any atom is 0.321 e. The lowest BCUT2D eigenvalue weighted by atomic mass is 9.93. The topological polar surface area (TPSA) is 73.5 Å². The van der Waals surface area contributed by atoms with Gasteiger partial charge in [-0.2, -0.15) is 0 Å². The Balaban J connectivity index is 0.00000392. The number of rotatable bonds is 8. The molecule has 6 nitrogen and oxygen atoms in total. The minimum absolute atomic E-state index is 0. The van der Waals surface area contributed by atoms with Gasteiger partial charge in [0, 0.05) is 25.2 Å². The lowest BCUT2D eigenvalue weighted by molar-refractivity contribution is -0.122. The van der Waals surface area contributed by atoms with Crippen molar-refractivity contribution in [2.45, 2.75) is 52.5 Å². The van der Waals surface area contributed by atoms with Crippen molar-refractivity contribution in [3.05, 3.63) is 29.8 Å². The van der Waals surface area contributed by atoms with Crippen LogP contribution in [0.2, 0.25) is 0 Å². The van der Waals surface area contributed by atoms with Crippen LogP contribution >= 0.6 is 12.4 Å². The summed E-state index contributed by atoms with van der Waals surface area (Å²) in [7, 11) is 0. The summed E-state index contributed by atoms with van der Waals surface area (Å²) in [6.07, 6.45) is 3.90. The molecule has 1 aliphatic heterocycles. The molecule has 1 atom stereocenters. The van der Waals surface area contributed by atoms with E-state index in [0.29, 0.717) is 25.4 Å². The van der Waals surface area contributed by atoms with Gasteiger partial charge in [-0.25, -0.2) is 4.79 Å². The minimum Gasteiger partial charge on any atom is -0.350 e. The number of nitrogens with zero attached hydrogens (tertiary/aromatic N) is 1. The maximum atomic E-state index is 12.2. The van der Waals surface area contributed by atoms with Gasteiger partial charge >= 0.3 is 6.03 Å². The van der Waals surface area contributed by atoms with E-state index in [1.807, 2.05) is 45.0 Å². The second kappa shape index (κ2) is 12.6. The molecule has 1 heterocycles. The van der Waals surface area contributed by atoms with Gasteiger partial charge in [0.05, 0.1) is 6.04 Å². The Morgan fingerprint density at radius 2 is 1.75 bits per heavy atom. The van der Waals surface area contributed by atoms with Crippen LogP contribution < -0.4 is 16.0 Å². The fourth-order valence-corrected chi connectivity index (χ4v) is 3.47. The number of amides is 3. The maximum absolute atomic E-state index is 12.2. The molecule has 0 aliphatic carbocycles. The van der Waals surface area contributed by atoms with Crippen molar-refractivity contribution in [1.29, 1.82) is 0 Å². The van der Waals surface area contributed by atoms with Crippen molar-refractivity contribution in [3.63, 3.8) is 0 Å². The van der Waals surface area contributed by atoms with E-state index in [0.717, 1.165) is 30.8 Å². The number of nitrogens with one attached hydrogen (secondary N) is 3. The lowest BCUT2D eigenvalue weighted by Gasteiger charge is -2.22. The molecule has 1 aromatic rings. The fraction of sp³-hybridized carbons (Fsp3) is 0.619. The van der Waals surface area contributed by atoms with Gasteiger partial charge in [-0.1, -0.05) is 12.1 Å². The van der Waals surface area contributed by atoms with Gasteiger partial charge < -0.3 is 20.9 Å². The van der Waals surface area contributed by atoms with Crippen molar-refractivity contribution >= 4 is 30.0 Å². The molecule has 1 unspecified atom stereocenters. The van der Waals surface area contributed by atoms with Gasteiger partial charge in [0.15, 0.2) is 0 Å². The monoisotopic (exact) mass is 410 g/mol. The van der Waals surface area contributed by atoms with Crippen molar-refractivity contribution < 1.29 is 9.59 Å². The number of benzene rings is 1. The molecule has 1 saturated heterocycles.